The molecule has 0 bridgehead atoms. The first-order valence-electron chi connectivity index (χ1n) is 5.72. The van der Waals surface area contributed by atoms with Crippen molar-refractivity contribution in [2.24, 2.45) is 11.3 Å². The Hall–Kier alpha value is -0.570. The molecule has 15 heavy (non-hydrogen) atoms. The highest BCUT2D eigenvalue weighted by Gasteiger charge is 2.30. The molecule has 1 aliphatic rings. The molecular weight excluding hydrogens is 190 g/mol. The molecule has 0 aromatic rings. The third-order valence-corrected chi connectivity index (χ3v) is 3.34. The summed E-state index contributed by atoms with van der Waals surface area (Å²) >= 11 is 0. The van der Waals surface area contributed by atoms with Crippen molar-refractivity contribution in [3.05, 3.63) is 0 Å². The Kier molecular flexibility index (Phi) is 4.14. The maximum atomic E-state index is 11.6. The number of rotatable bonds is 2. The molecule has 1 aliphatic heterocycles. The highest BCUT2D eigenvalue weighted by atomic mass is 16.5. The summed E-state index contributed by atoms with van der Waals surface area (Å²) in [4.78, 5) is 13.5. The number of hydrogen-bond donors (Lipinski definition) is 0. The minimum absolute atomic E-state index is 0.129. The van der Waals surface area contributed by atoms with Crippen molar-refractivity contribution in [2.75, 3.05) is 26.8 Å². The molecule has 88 valence electrons. The first-order valence-corrected chi connectivity index (χ1v) is 5.72. The highest BCUT2D eigenvalue weighted by molar-refractivity contribution is 5.77. The SMILES string of the molecule is COCC(=O)N1CCC(C(C)(C)C)CC1. The van der Waals surface area contributed by atoms with Gasteiger partial charge in [0.1, 0.15) is 6.61 Å². The number of likely N-dealkylation sites (tertiary alicyclic amines) is 1. The van der Waals surface area contributed by atoms with Crippen molar-refractivity contribution in [3.63, 3.8) is 0 Å². The van der Waals surface area contributed by atoms with E-state index in [4.69, 9.17) is 4.74 Å². The zero-order valence-corrected chi connectivity index (χ0v) is 10.4. The summed E-state index contributed by atoms with van der Waals surface area (Å²) < 4.78 is 4.86. The molecule has 0 unspecified atom stereocenters. The largest absolute Gasteiger partial charge is 0.375 e. The van der Waals surface area contributed by atoms with E-state index in [-0.39, 0.29) is 12.5 Å². The van der Waals surface area contributed by atoms with Crippen LogP contribution in [0, 0.1) is 11.3 Å². The number of piperidine rings is 1. The Balaban J connectivity index is 2.39. The van der Waals surface area contributed by atoms with E-state index in [2.05, 4.69) is 20.8 Å². The van der Waals surface area contributed by atoms with Gasteiger partial charge in [-0.25, -0.2) is 0 Å². The lowest BCUT2D eigenvalue weighted by Crippen LogP contribution is -2.42. The van der Waals surface area contributed by atoms with Crippen LogP contribution in [0.25, 0.3) is 0 Å². The van der Waals surface area contributed by atoms with E-state index in [1.54, 1.807) is 7.11 Å². The number of carbonyl (C=O) groups is 1. The van der Waals surface area contributed by atoms with Gasteiger partial charge in [-0.1, -0.05) is 20.8 Å². The van der Waals surface area contributed by atoms with Gasteiger partial charge >= 0.3 is 0 Å². The van der Waals surface area contributed by atoms with E-state index in [9.17, 15) is 4.79 Å². The topological polar surface area (TPSA) is 29.5 Å². The molecule has 1 rings (SSSR count). The quantitative estimate of drug-likeness (QED) is 0.701. The Morgan fingerprint density at radius 2 is 1.87 bits per heavy atom. The Bertz CT molecular complexity index is 212. The van der Waals surface area contributed by atoms with Gasteiger partial charge in [0.05, 0.1) is 0 Å². The summed E-state index contributed by atoms with van der Waals surface area (Å²) in [5.74, 6) is 0.869. The van der Waals surface area contributed by atoms with Gasteiger partial charge < -0.3 is 9.64 Å². The predicted octanol–water partition coefficient (Wildman–Crippen LogP) is 1.92. The summed E-state index contributed by atoms with van der Waals surface area (Å²) in [6.07, 6.45) is 2.25. The van der Waals surface area contributed by atoms with Gasteiger partial charge in [-0.2, -0.15) is 0 Å². The summed E-state index contributed by atoms with van der Waals surface area (Å²) in [5, 5.41) is 0. The fourth-order valence-electron chi connectivity index (χ4n) is 2.21. The zero-order valence-electron chi connectivity index (χ0n) is 10.4. The van der Waals surface area contributed by atoms with Gasteiger partial charge in [-0.15, -0.1) is 0 Å². The van der Waals surface area contributed by atoms with Gasteiger partial charge in [0.2, 0.25) is 5.91 Å². The normalized spacial score (nSPS) is 19.3. The lowest BCUT2D eigenvalue weighted by molar-refractivity contribution is -0.137. The molecule has 0 N–H and O–H groups in total. The first-order chi connectivity index (χ1) is 6.95. The summed E-state index contributed by atoms with van der Waals surface area (Å²) in [7, 11) is 1.57. The van der Waals surface area contributed by atoms with Gasteiger partial charge in [0, 0.05) is 20.2 Å². The molecule has 0 saturated carbocycles. The molecule has 3 nitrogen and oxygen atoms in total. The highest BCUT2D eigenvalue weighted by Crippen LogP contribution is 2.34. The van der Waals surface area contributed by atoms with Gasteiger partial charge in [0.15, 0.2) is 0 Å². The fourth-order valence-corrected chi connectivity index (χ4v) is 2.21. The second kappa shape index (κ2) is 4.97. The van der Waals surface area contributed by atoms with Crippen LogP contribution < -0.4 is 0 Å². The standard InChI is InChI=1S/C12H23NO2/c1-12(2,3)10-5-7-13(8-6-10)11(14)9-15-4/h10H,5-9H2,1-4H3. The summed E-state index contributed by atoms with van der Waals surface area (Å²) in [6.45, 7) is 8.85. The van der Waals surface area contributed by atoms with Gasteiger partial charge in [-0.3, -0.25) is 4.79 Å². The van der Waals surface area contributed by atoms with Gasteiger partial charge in [0.25, 0.3) is 0 Å². The third kappa shape index (κ3) is 3.49. The Morgan fingerprint density at radius 3 is 2.27 bits per heavy atom. The zero-order chi connectivity index (χ0) is 11.5. The van der Waals surface area contributed by atoms with Crippen molar-refractivity contribution in [1.29, 1.82) is 0 Å². The minimum atomic E-state index is 0.129. The smallest absolute Gasteiger partial charge is 0.248 e. The molecule has 1 fully saturated rings. The molecule has 0 aliphatic carbocycles. The van der Waals surface area contributed by atoms with Crippen LogP contribution in [0.3, 0.4) is 0 Å². The lowest BCUT2D eigenvalue weighted by Gasteiger charge is -2.38. The van der Waals surface area contributed by atoms with Crippen molar-refractivity contribution < 1.29 is 9.53 Å². The number of carbonyl (C=O) groups excluding carboxylic acids is 1. The lowest BCUT2D eigenvalue weighted by atomic mass is 9.75. The van der Waals surface area contributed by atoms with E-state index >= 15 is 0 Å². The average molecular weight is 213 g/mol. The Labute approximate surface area is 92.8 Å². The van der Waals surface area contributed by atoms with E-state index in [1.165, 1.54) is 0 Å². The van der Waals surface area contributed by atoms with E-state index < -0.39 is 0 Å². The Morgan fingerprint density at radius 1 is 1.33 bits per heavy atom. The van der Waals surface area contributed by atoms with E-state index in [0.29, 0.717) is 5.41 Å². The molecule has 0 aromatic heterocycles. The van der Waals surface area contributed by atoms with Crippen LogP contribution >= 0.6 is 0 Å². The van der Waals surface area contributed by atoms with Crippen LogP contribution in [0.5, 0.6) is 0 Å². The number of amides is 1. The molecule has 0 atom stereocenters. The third-order valence-electron chi connectivity index (χ3n) is 3.34. The monoisotopic (exact) mass is 213 g/mol. The molecule has 3 heteroatoms. The number of ether oxygens (including phenoxy) is 1. The van der Waals surface area contributed by atoms with Crippen LogP contribution in [-0.2, 0) is 9.53 Å². The van der Waals surface area contributed by atoms with E-state index in [0.717, 1.165) is 31.8 Å². The second-order valence-electron chi connectivity index (χ2n) is 5.45. The van der Waals surface area contributed by atoms with Crippen molar-refractivity contribution in [1.82, 2.24) is 4.90 Å². The second-order valence-corrected chi connectivity index (χ2v) is 5.45. The molecule has 0 spiro atoms. The summed E-state index contributed by atoms with van der Waals surface area (Å²) in [6, 6.07) is 0. The number of nitrogens with zero attached hydrogens (tertiary/aromatic N) is 1. The maximum absolute atomic E-state index is 11.6. The number of methoxy groups -OCH3 is 1. The first kappa shape index (κ1) is 12.5. The molecule has 1 saturated heterocycles. The fraction of sp³-hybridized carbons (Fsp3) is 0.917. The number of hydrogen-bond acceptors (Lipinski definition) is 2. The molecule has 1 amide bonds. The predicted molar refractivity (Wildman–Crippen MR) is 60.6 cm³/mol. The van der Waals surface area contributed by atoms with Crippen molar-refractivity contribution in [2.45, 2.75) is 33.6 Å². The van der Waals surface area contributed by atoms with Crippen molar-refractivity contribution in [3.8, 4) is 0 Å². The van der Waals surface area contributed by atoms with Crippen LogP contribution in [0.4, 0.5) is 0 Å². The maximum Gasteiger partial charge on any atom is 0.248 e. The molecule has 0 aromatic carbocycles. The van der Waals surface area contributed by atoms with Crippen LogP contribution in [0.1, 0.15) is 33.6 Å². The van der Waals surface area contributed by atoms with Crippen molar-refractivity contribution >= 4 is 5.91 Å². The van der Waals surface area contributed by atoms with E-state index in [1.807, 2.05) is 4.90 Å². The molecular formula is C12H23NO2. The molecule has 0 radical (unpaired) electrons. The van der Waals surface area contributed by atoms with Gasteiger partial charge in [-0.05, 0) is 24.2 Å². The minimum Gasteiger partial charge on any atom is -0.375 e. The van der Waals surface area contributed by atoms with Crippen LogP contribution in [0.15, 0.2) is 0 Å². The van der Waals surface area contributed by atoms with Crippen LogP contribution in [0.2, 0.25) is 0 Å². The average Bonchev–Trinajstić information content (AvgIpc) is 2.17. The summed E-state index contributed by atoms with van der Waals surface area (Å²) in [5.41, 5.74) is 0.371. The van der Waals surface area contributed by atoms with Crippen LogP contribution in [-0.4, -0.2) is 37.6 Å². The molecule has 1 heterocycles.